The number of rotatable bonds is 10. The summed E-state index contributed by atoms with van der Waals surface area (Å²) in [4.78, 5) is 27.8. The number of carbonyl (C=O) groups excluding carboxylic acids is 2. The molecule has 1 rings (SSSR count). The highest BCUT2D eigenvalue weighted by Gasteiger charge is 2.17. The van der Waals surface area contributed by atoms with Crippen LogP contribution in [0.25, 0.3) is 0 Å². The van der Waals surface area contributed by atoms with Gasteiger partial charge in [-0.05, 0) is 42.6 Å². The SMILES string of the molecule is O=C(NC(=S)N(CCO)CCO)c1cccc(C(=O)NC(=S)N(CCO)CCO)c1. The average molecular weight is 459 g/mol. The Labute approximate surface area is 185 Å². The molecule has 12 heteroatoms. The first-order chi connectivity index (χ1) is 14.4. The predicted molar refractivity (Wildman–Crippen MR) is 118 cm³/mol. The van der Waals surface area contributed by atoms with Gasteiger partial charge in [0.1, 0.15) is 0 Å². The van der Waals surface area contributed by atoms with Gasteiger partial charge in [0, 0.05) is 37.3 Å². The van der Waals surface area contributed by atoms with Gasteiger partial charge in [0.15, 0.2) is 10.2 Å². The van der Waals surface area contributed by atoms with E-state index in [1.54, 1.807) is 0 Å². The van der Waals surface area contributed by atoms with E-state index in [1.807, 2.05) is 0 Å². The van der Waals surface area contributed by atoms with Gasteiger partial charge in [-0.2, -0.15) is 0 Å². The Morgan fingerprint density at radius 2 is 1.07 bits per heavy atom. The minimum Gasteiger partial charge on any atom is -0.395 e. The van der Waals surface area contributed by atoms with Gasteiger partial charge < -0.3 is 30.2 Å². The molecule has 1 aromatic rings. The number of hydrogen-bond donors (Lipinski definition) is 6. The van der Waals surface area contributed by atoms with Crippen LogP contribution in [0.4, 0.5) is 0 Å². The van der Waals surface area contributed by atoms with Crippen LogP contribution in [0.5, 0.6) is 0 Å². The summed E-state index contributed by atoms with van der Waals surface area (Å²) in [6.45, 7) is -0.195. The summed E-state index contributed by atoms with van der Waals surface area (Å²) in [5, 5.41) is 41.3. The van der Waals surface area contributed by atoms with E-state index >= 15 is 0 Å². The molecular weight excluding hydrogens is 432 g/mol. The van der Waals surface area contributed by atoms with Crippen LogP contribution in [0.3, 0.4) is 0 Å². The van der Waals surface area contributed by atoms with E-state index in [-0.39, 0.29) is 74.0 Å². The van der Waals surface area contributed by atoms with Crippen LogP contribution in [0.15, 0.2) is 24.3 Å². The van der Waals surface area contributed by atoms with Crippen molar-refractivity contribution in [1.29, 1.82) is 0 Å². The Bertz CT molecular complexity index is 680. The fourth-order valence-electron chi connectivity index (χ4n) is 2.41. The topological polar surface area (TPSA) is 146 Å². The van der Waals surface area contributed by atoms with Crippen molar-refractivity contribution in [3.63, 3.8) is 0 Å². The fraction of sp³-hybridized carbons (Fsp3) is 0.444. The Morgan fingerprint density at radius 3 is 1.37 bits per heavy atom. The van der Waals surface area contributed by atoms with Crippen molar-refractivity contribution in [2.45, 2.75) is 0 Å². The van der Waals surface area contributed by atoms with E-state index in [9.17, 15) is 9.59 Å². The molecule has 0 fully saturated rings. The lowest BCUT2D eigenvalue weighted by atomic mass is 10.1. The zero-order valence-electron chi connectivity index (χ0n) is 16.3. The molecule has 0 saturated heterocycles. The van der Waals surface area contributed by atoms with Gasteiger partial charge >= 0.3 is 0 Å². The minimum absolute atomic E-state index is 0.0442. The highest BCUT2D eigenvalue weighted by atomic mass is 32.1. The number of amides is 2. The van der Waals surface area contributed by atoms with Crippen molar-refractivity contribution in [1.82, 2.24) is 20.4 Å². The summed E-state index contributed by atoms with van der Waals surface area (Å²) in [5.41, 5.74) is 0.345. The molecule has 0 bridgehead atoms. The van der Waals surface area contributed by atoms with E-state index in [4.69, 9.17) is 44.9 Å². The maximum atomic E-state index is 12.5. The van der Waals surface area contributed by atoms with E-state index < -0.39 is 11.8 Å². The molecule has 6 N–H and O–H groups in total. The second-order valence-electron chi connectivity index (χ2n) is 5.97. The first kappa shape index (κ1) is 25.8. The van der Waals surface area contributed by atoms with Crippen LogP contribution in [0, 0.1) is 0 Å². The number of nitrogens with one attached hydrogen (secondary N) is 2. The molecule has 0 aliphatic carbocycles. The van der Waals surface area contributed by atoms with Gasteiger partial charge in [0.05, 0.1) is 26.4 Å². The highest BCUT2D eigenvalue weighted by molar-refractivity contribution is 7.80. The van der Waals surface area contributed by atoms with Crippen LogP contribution in [0.1, 0.15) is 20.7 Å². The zero-order chi connectivity index (χ0) is 22.5. The smallest absolute Gasteiger partial charge is 0.257 e. The number of hydrogen-bond acceptors (Lipinski definition) is 8. The predicted octanol–water partition coefficient (Wildman–Crippen LogP) is -1.71. The number of thiocarbonyl (C=S) groups is 2. The maximum Gasteiger partial charge on any atom is 0.257 e. The van der Waals surface area contributed by atoms with Gasteiger partial charge in [-0.15, -0.1) is 0 Å². The number of carbonyl (C=O) groups is 2. The summed E-state index contributed by atoms with van der Waals surface area (Å²) >= 11 is 10.3. The third kappa shape index (κ3) is 8.26. The van der Waals surface area contributed by atoms with Crippen LogP contribution in [-0.4, -0.2) is 105 Å². The molecule has 30 heavy (non-hydrogen) atoms. The van der Waals surface area contributed by atoms with Crippen molar-refractivity contribution in [3.8, 4) is 0 Å². The van der Waals surface area contributed by atoms with E-state index in [1.165, 1.54) is 34.1 Å². The van der Waals surface area contributed by atoms with Crippen LogP contribution < -0.4 is 10.6 Å². The van der Waals surface area contributed by atoms with Gasteiger partial charge in [-0.25, -0.2) is 0 Å². The van der Waals surface area contributed by atoms with E-state index in [0.29, 0.717) is 0 Å². The van der Waals surface area contributed by atoms with Crippen molar-refractivity contribution in [2.75, 3.05) is 52.6 Å². The summed E-state index contributed by atoms with van der Waals surface area (Å²) < 4.78 is 0. The molecule has 0 radical (unpaired) electrons. The van der Waals surface area contributed by atoms with Crippen molar-refractivity contribution >= 4 is 46.5 Å². The second-order valence-corrected chi connectivity index (χ2v) is 6.74. The lowest BCUT2D eigenvalue weighted by Gasteiger charge is -2.24. The van der Waals surface area contributed by atoms with Crippen LogP contribution in [-0.2, 0) is 0 Å². The lowest BCUT2D eigenvalue weighted by Crippen LogP contribution is -2.45. The number of aliphatic hydroxyl groups is 4. The Morgan fingerprint density at radius 1 is 0.733 bits per heavy atom. The first-order valence-corrected chi connectivity index (χ1v) is 9.93. The summed E-state index contributed by atoms with van der Waals surface area (Å²) in [6.07, 6.45) is 0. The van der Waals surface area contributed by atoms with Crippen LogP contribution in [0.2, 0.25) is 0 Å². The molecule has 0 saturated carbocycles. The standard InChI is InChI=1S/C18H26N4O6S2/c23-8-4-21(5-9-24)17(29)19-15(27)13-2-1-3-14(12-13)16(28)20-18(30)22(6-10-25)7-11-26/h1-3,12,23-26H,4-11H2,(H,19,27,29)(H,20,28,30). The Kier molecular flexibility index (Phi) is 12.0. The Balaban J connectivity index is 2.83. The number of benzene rings is 1. The molecule has 166 valence electrons. The third-order valence-electron chi connectivity index (χ3n) is 3.88. The molecule has 0 spiro atoms. The largest absolute Gasteiger partial charge is 0.395 e. The van der Waals surface area contributed by atoms with Crippen molar-refractivity contribution in [3.05, 3.63) is 35.4 Å². The number of nitrogens with zero attached hydrogens (tertiary/aromatic N) is 2. The van der Waals surface area contributed by atoms with E-state index in [0.717, 1.165) is 0 Å². The quantitative estimate of drug-likeness (QED) is 0.224. The van der Waals surface area contributed by atoms with Gasteiger partial charge in [-0.1, -0.05) is 6.07 Å². The highest BCUT2D eigenvalue weighted by Crippen LogP contribution is 2.06. The summed E-state index contributed by atoms with van der Waals surface area (Å²) in [7, 11) is 0. The summed E-state index contributed by atoms with van der Waals surface area (Å²) in [5.74, 6) is -1.11. The van der Waals surface area contributed by atoms with Gasteiger partial charge in [-0.3, -0.25) is 20.2 Å². The number of aliphatic hydroxyl groups excluding tert-OH is 4. The van der Waals surface area contributed by atoms with Crippen molar-refractivity contribution in [2.24, 2.45) is 0 Å². The normalized spacial score (nSPS) is 10.3. The van der Waals surface area contributed by atoms with E-state index in [2.05, 4.69) is 10.6 Å². The molecule has 2 amide bonds. The molecule has 0 atom stereocenters. The van der Waals surface area contributed by atoms with Gasteiger partial charge in [0.25, 0.3) is 11.8 Å². The second kappa shape index (κ2) is 13.9. The van der Waals surface area contributed by atoms with Crippen LogP contribution >= 0.6 is 24.4 Å². The lowest BCUT2D eigenvalue weighted by molar-refractivity contribution is 0.0970. The average Bonchev–Trinajstić information content (AvgIpc) is 2.73. The minimum atomic E-state index is -0.555. The molecule has 1 aromatic carbocycles. The monoisotopic (exact) mass is 458 g/mol. The molecule has 0 heterocycles. The first-order valence-electron chi connectivity index (χ1n) is 9.11. The molecule has 0 unspecified atom stereocenters. The molecular formula is C18H26N4O6S2. The zero-order valence-corrected chi connectivity index (χ0v) is 17.9. The molecule has 0 aromatic heterocycles. The van der Waals surface area contributed by atoms with Gasteiger partial charge in [0.2, 0.25) is 0 Å². The molecule has 10 nitrogen and oxygen atoms in total. The van der Waals surface area contributed by atoms with Crippen molar-refractivity contribution < 1.29 is 30.0 Å². The Hall–Kier alpha value is -2.22. The summed E-state index contributed by atoms with van der Waals surface area (Å²) in [6, 6.07) is 5.88. The molecule has 0 aliphatic heterocycles. The molecule has 0 aliphatic rings. The fourth-order valence-corrected chi connectivity index (χ4v) is 2.96. The maximum absolute atomic E-state index is 12.5. The third-order valence-corrected chi connectivity index (χ3v) is 4.60.